The zero-order chi connectivity index (χ0) is 17.2. The minimum atomic E-state index is -0.0167. The highest BCUT2D eigenvalue weighted by molar-refractivity contribution is 8.00. The van der Waals surface area contributed by atoms with E-state index in [0.29, 0.717) is 29.5 Å². The summed E-state index contributed by atoms with van der Waals surface area (Å²) in [4.78, 5) is 16.7. The van der Waals surface area contributed by atoms with Crippen molar-refractivity contribution in [2.45, 2.75) is 5.37 Å². The topological polar surface area (TPSA) is 60.5 Å². The monoisotopic (exact) mass is 366 g/mol. The van der Waals surface area contributed by atoms with Crippen LogP contribution in [0, 0.1) is 0 Å². The second kappa shape index (κ2) is 7.31. The van der Waals surface area contributed by atoms with E-state index in [1.54, 1.807) is 18.9 Å². The van der Waals surface area contributed by atoms with Crippen molar-refractivity contribution in [2.75, 3.05) is 59.0 Å². The van der Waals surface area contributed by atoms with Crippen LogP contribution in [-0.4, -0.2) is 74.8 Å². The molecule has 0 bridgehead atoms. The Morgan fingerprint density at radius 2 is 2.08 bits per heavy atom. The molecule has 3 heterocycles. The van der Waals surface area contributed by atoms with Crippen LogP contribution in [0.25, 0.3) is 0 Å². The average Bonchev–Trinajstić information content (AvgIpc) is 3.26. The van der Waals surface area contributed by atoms with E-state index in [1.807, 2.05) is 17.0 Å². The van der Waals surface area contributed by atoms with Crippen LogP contribution in [-0.2, 0) is 9.53 Å². The Bertz CT molecular complexity index is 650. The molecule has 1 aromatic rings. The van der Waals surface area contributed by atoms with Gasteiger partial charge < -0.3 is 23.8 Å². The minimum Gasteiger partial charge on any atom is -0.493 e. The normalized spacial score (nSPS) is 23.3. The molecule has 1 atom stereocenters. The molecule has 0 spiro atoms. The van der Waals surface area contributed by atoms with E-state index in [0.717, 1.165) is 38.4 Å². The Kier molecular flexibility index (Phi) is 4.91. The molecule has 7 nitrogen and oxygen atoms in total. The number of hydrogen-bond acceptors (Lipinski definition) is 7. The van der Waals surface area contributed by atoms with Crippen LogP contribution in [0.5, 0.6) is 17.2 Å². The Morgan fingerprint density at radius 3 is 2.88 bits per heavy atom. The van der Waals surface area contributed by atoms with Gasteiger partial charge in [-0.1, -0.05) is 0 Å². The molecule has 1 aromatic carbocycles. The van der Waals surface area contributed by atoms with E-state index in [2.05, 4.69) is 4.90 Å². The summed E-state index contributed by atoms with van der Waals surface area (Å²) in [7, 11) is 1.62. The highest BCUT2D eigenvalue weighted by Gasteiger charge is 2.34. The molecule has 0 radical (unpaired) electrons. The number of carbonyl (C=O) groups is 1. The number of methoxy groups -OCH3 is 1. The number of fused-ring (bicyclic) bond motifs is 1. The van der Waals surface area contributed by atoms with Crippen LogP contribution < -0.4 is 14.2 Å². The summed E-state index contributed by atoms with van der Waals surface area (Å²) in [5.74, 6) is 2.66. The number of ether oxygens (including phenoxy) is 4. The van der Waals surface area contributed by atoms with Gasteiger partial charge in [-0.25, -0.2) is 0 Å². The van der Waals surface area contributed by atoms with Crippen molar-refractivity contribution >= 4 is 17.7 Å². The second-order valence-corrected chi connectivity index (χ2v) is 7.23. The van der Waals surface area contributed by atoms with Gasteiger partial charge in [-0.15, -0.1) is 11.8 Å². The molecule has 0 N–H and O–H groups in total. The van der Waals surface area contributed by atoms with Gasteiger partial charge in [-0.2, -0.15) is 0 Å². The third-order valence-electron chi connectivity index (χ3n) is 4.69. The molecule has 1 unspecified atom stereocenters. The molecule has 2 fully saturated rings. The molecule has 2 saturated heterocycles. The van der Waals surface area contributed by atoms with Crippen molar-refractivity contribution in [3.8, 4) is 17.2 Å². The van der Waals surface area contributed by atoms with Crippen LogP contribution in [0.3, 0.4) is 0 Å². The first-order valence-electron chi connectivity index (χ1n) is 8.45. The highest BCUT2D eigenvalue weighted by atomic mass is 32.2. The molecule has 0 aliphatic carbocycles. The van der Waals surface area contributed by atoms with E-state index >= 15 is 0 Å². The van der Waals surface area contributed by atoms with Crippen molar-refractivity contribution in [3.05, 3.63) is 17.7 Å². The first-order chi connectivity index (χ1) is 12.3. The number of amides is 1. The van der Waals surface area contributed by atoms with Gasteiger partial charge in [0.05, 0.1) is 26.1 Å². The number of morpholine rings is 1. The SMILES string of the molecule is COc1cc(C2SCC(=O)N2CCN2CCOCC2)cc2c1OCO2. The van der Waals surface area contributed by atoms with Crippen LogP contribution in [0.15, 0.2) is 12.1 Å². The third-order valence-corrected chi connectivity index (χ3v) is 5.95. The summed E-state index contributed by atoms with van der Waals surface area (Å²) in [6.07, 6.45) is 0. The first kappa shape index (κ1) is 16.8. The highest BCUT2D eigenvalue weighted by Crippen LogP contribution is 2.47. The predicted molar refractivity (Wildman–Crippen MR) is 93.3 cm³/mol. The molecule has 1 amide bonds. The Labute approximate surface area is 151 Å². The fourth-order valence-electron chi connectivity index (χ4n) is 3.34. The molecule has 3 aliphatic heterocycles. The second-order valence-electron chi connectivity index (χ2n) is 6.16. The van der Waals surface area contributed by atoms with Crippen LogP contribution >= 0.6 is 11.8 Å². The fraction of sp³-hybridized carbons (Fsp3) is 0.588. The molecular formula is C17H22N2O5S. The summed E-state index contributed by atoms with van der Waals surface area (Å²) in [5, 5.41) is -0.0167. The fourth-order valence-corrected chi connectivity index (χ4v) is 4.54. The van der Waals surface area contributed by atoms with Crippen LogP contribution in [0.4, 0.5) is 0 Å². The maximum absolute atomic E-state index is 12.4. The van der Waals surface area contributed by atoms with Crippen molar-refractivity contribution in [1.29, 1.82) is 0 Å². The lowest BCUT2D eigenvalue weighted by Gasteiger charge is -2.30. The summed E-state index contributed by atoms with van der Waals surface area (Å²) >= 11 is 1.64. The zero-order valence-corrected chi connectivity index (χ0v) is 15.0. The molecule has 0 aromatic heterocycles. The van der Waals surface area contributed by atoms with Crippen molar-refractivity contribution < 1.29 is 23.7 Å². The van der Waals surface area contributed by atoms with Gasteiger partial charge >= 0.3 is 0 Å². The first-order valence-corrected chi connectivity index (χ1v) is 9.50. The number of rotatable bonds is 5. The van der Waals surface area contributed by atoms with Crippen molar-refractivity contribution in [1.82, 2.24) is 9.80 Å². The number of nitrogens with zero attached hydrogens (tertiary/aromatic N) is 2. The molecule has 25 heavy (non-hydrogen) atoms. The van der Waals surface area contributed by atoms with E-state index in [-0.39, 0.29) is 18.1 Å². The molecule has 0 saturated carbocycles. The van der Waals surface area contributed by atoms with Crippen molar-refractivity contribution in [2.24, 2.45) is 0 Å². The van der Waals surface area contributed by atoms with Crippen LogP contribution in [0.1, 0.15) is 10.9 Å². The van der Waals surface area contributed by atoms with E-state index in [4.69, 9.17) is 18.9 Å². The maximum atomic E-state index is 12.4. The Balaban J connectivity index is 1.51. The lowest BCUT2D eigenvalue weighted by Crippen LogP contribution is -2.42. The predicted octanol–water partition coefficient (Wildman–Crippen LogP) is 1.33. The molecule has 136 valence electrons. The minimum absolute atomic E-state index is 0.0167. The zero-order valence-electron chi connectivity index (χ0n) is 14.2. The van der Waals surface area contributed by atoms with Gasteiger partial charge in [0.15, 0.2) is 11.5 Å². The smallest absolute Gasteiger partial charge is 0.233 e. The number of thioether (sulfide) groups is 1. The van der Waals surface area contributed by atoms with Crippen molar-refractivity contribution in [3.63, 3.8) is 0 Å². The van der Waals surface area contributed by atoms with E-state index in [9.17, 15) is 4.79 Å². The summed E-state index contributed by atoms with van der Waals surface area (Å²) in [5.41, 5.74) is 1.01. The van der Waals surface area contributed by atoms with Crippen LogP contribution in [0.2, 0.25) is 0 Å². The summed E-state index contributed by atoms with van der Waals surface area (Å²) in [6.45, 7) is 5.18. The van der Waals surface area contributed by atoms with Gasteiger partial charge in [0.25, 0.3) is 0 Å². The number of hydrogen-bond donors (Lipinski definition) is 0. The Hall–Kier alpha value is -1.64. The molecule has 3 aliphatic rings. The molecule has 4 rings (SSSR count). The van der Waals surface area contributed by atoms with Gasteiger partial charge in [0, 0.05) is 26.2 Å². The standard InChI is InChI=1S/C17H22N2O5S/c1-21-13-8-12(9-14-16(13)24-11-23-14)17-19(15(20)10-25-17)3-2-18-4-6-22-7-5-18/h8-9,17H,2-7,10-11H2,1H3. The molecular weight excluding hydrogens is 344 g/mol. The maximum Gasteiger partial charge on any atom is 0.233 e. The number of carbonyl (C=O) groups excluding carboxylic acids is 1. The lowest BCUT2D eigenvalue weighted by molar-refractivity contribution is -0.128. The lowest BCUT2D eigenvalue weighted by atomic mass is 10.1. The third kappa shape index (κ3) is 3.38. The van der Waals surface area contributed by atoms with E-state index in [1.165, 1.54) is 0 Å². The quantitative estimate of drug-likeness (QED) is 0.779. The summed E-state index contributed by atoms with van der Waals surface area (Å²) in [6, 6.07) is 3.91. The molecule has 8 heteroatoms. The summed E-state index contributed by atoms with van der Waals surface area (Å²) < 4.78 is 21.8. The Morgan fingerprint density at radius 1 is 1.24 bits per heavy atom. The average molecular weight is 366 g/mol. The van der Waals surface area contributed by atoms with Gasteiger partial charge in [0.1, 0.15) is 5.37 Å². The largest absolute Gasteiger partial charge is 0.493 e. The van der Waals surface area contributed by atoms with Gasteiger partial charge in [-0.3, -0.25) is 9.69 Å². The van der Waals surface area contributed by atoms with Gasteiger partial charge in [0.2, 0.25) is 18.4 Å². The van der Waals surface area contributed by atoms with Gasteiger partial charge in [-0.05, 0) is 17.7 Å². The van der Waals surface area contributed by atoms with E-state index < -0.39 is 0 Å². The number of benzene rings is 1.